The van der Waals surface area contributed by atoms with Gasteiger partial charge in [-0.15, -0.1) is 0 Å². The van der Waals surface area contributed by atoms with E-state index in [4.69, 9.17) is 9.15 Å². The molecule has 1 aromatic heterocycles. The van der Waals surface area contributed by atoms with E-state index in [1.165, 1.54) is 6.26 Å². The number of para-hydroxylation sites is 1. The Morgan fingerprint density at radius 1 is 0.967 bits per heavy atom. The lowest BCUT2D eigenvalue weighted by Crippen LogP contribution is -2.51. The zero-order valence-electron chi connectivity index (χ0n) is 17.0. The largest absolute Gasteiger partial charge is 0.459 e. The molecule has 8 nitrogen and oxygen atoms in total. The van der Waals surface area contributed by atoms with Crippen LogP contribution < -0.4 is 5.32 Å². The maximum absolute atomic E-state index is 12.6. The van der Waals surface area contributed by atoms with Crippen LogP contribution in [0.15, 0.2) is 53.1 Å². The van der Waals surface area contributed by atoms with E-state index in [1.807, 2.05) is 40.1 Å². The van der Waals surface area contributed by atoms with Gasteiger partial charge in [-0.25, -0.2) is 4.79 Å². The molecule has 0 saturated carbocycles. The number of carbonyl (C=O) groups excluding carboxylic acids is 2. The van der Waals surface area contributed by atoms with Crippen LogP contribution in [0.2, 0.25) is 0 Å². The highest BCUT2D eigenvalue weighted by molar-refractivity contribution is 5.91. The lowest BCUT2D eigenvalue weighted by molar-refractivity contribution is -0.0283. The average Bonchev–Trinajstić information content (AvgIpc) is 3.21. The standard InChI is InChI=1S/C22H28N4O4/c27-21(20-8-4-14-30-20)25-10-5-9-24(11-12-25)16-19-17-26(13-15-29-19)22(28)23-18-6-2-1-3-7-18/h1-4,6-8,14,19H,5,9-13,15-17H2,(H,23,28)/t19-/m0/s1. The fraction of sp³-hybridized carbons (Fsp3) is 0.455. The van der Waals surface area contributed by atoms with Crippen molar-refractivity contribution in [2.75, 3.05) is 57.7 Å². The number of nitrogens with zero attached hydrogens (tertiary/aromatic N) is 3. The Morgan fingerprint density at radius 3 is 2.63 bits per heavy atom. The zero-order chi connectivity index (χ0) is 20.8. The molecule has 30 heavy (non-hydrogen) atoms. The highest BCUT2D eigenvalue weighted by Crippen LogP contribution is 2.14. The first-order valence-corrected chi connectivity index (χ1v) is 10.5. The summed E-state index contributed by atoms with van der Waals surface area (Å²) in [7, 11) is 0. The fourth-order valence-corrected chi connectivity index (χ4v) is 3.94. The predicted octanol–water partition coefficient (Wildman–Crippen LogP) is 2.36. The quantitative estimate of drug-likeness (QED) is 0.834. The molecule has 3 heterocycles. The zero-order valence-corrected chi connectivity index (χ0v) is 17.0. The molecule has 2 fully saturated rings. The molecular weight excluding hydrogens is 384 g/mol. The molecule has 0 spiro atoms. The van der Waals surface area contributed by atoms with Gasteiger partial charge in [-0.1, -0.05) is 18.2 Å². The number of ether oxygens (including phenoxy) is 1. The van der Waals surface area contributed by atoms with E-state index >= 15 is 0 Å². The Labute approximate surface area is 176 Å². The summed E-state index contributed by atoms with van der Waals surface area (Å²) in [5.41, 5.74) is 0.791. The van der Waals surface area contributed by atoms with Crippen molar-refractivity contribution >= 4 is 17.6 Å². The number of hydrogen-bond acceptors (Lipinski definition) is 5. The van der Waals surface area contributed by atoms with Gasteiger partial charge in [0.05, 0.1) is 19.0 Å². The smallest absolute Gasteiger partial charge is 0.322 e. The van der Waals surface area contributed by atoms with Crippen LogP contribution in [0.3, 0.4) is 0 Å². The van der Waals surface area contributed by atoms with Gasteiger partial charge in [0.25, 0.3) is 5.91 Å². The fourth-order valence-electron chi connectivity index (χ4n) is 3.94. The summed E-state index contributed by atoms with van der Waals surface area (Å²) in [5, 5.41) is 2.94. The van der Waals surface area contributed by atoms with E-state index in [0.717, 1.165) is 31.7 Å². The highest BCUT2D eigenvalue weighted by Gasteiger charge is 2.28. The maximum atomic E-state index is 12.6. The van der Waals surface area contributed by atoms with E-state index in [0.29, 0.717) is 38.5 Å². The Bertz CT molecular complexity index is 827. The van der Waals surface area contributed by atoms with Crippen molar-refractivity contribution in [2.24, 2.45) is 0 Å². The van der Waals surface area contributed by atoms with E-state index in [9.17, 15) is 9.59 Å². The van der Waals surface area contributed by atoms with Crippen molar-refractivity contribution in [3.63, 3.8) is 0 Å². The summed E-state index contributed by atoms with van der Waals surface area (Å²) < 4.78 is 11.2. The first kappa shape index (κ1) is 20.4. The maximum Gasteiger partial charge on any atom is 0.322 e. The van der Waals surface area contributed by atoms with Crippen LogP contribution in [0.25, 0.3) is 0 Å². The second-order valence-electron chi connectivity index (χ2n) is 7.66. The van der Waals surface area contributed by atoms with E-state index in [-0.39, 0.29) is 18.0 Å². The Kier molecular flexibility index (Phi) is 6.66. The monoisotopic (exact) mass is 412 g/mol. The lowest BCUT2D eigenvalue weighted by Gasteiger charge is -2.35. The molecule has 1 aromatic carbocycles. The summed E-state index contributed by atoms with van der Waals surface area (Å²) in [6.07, 6.45) is 2.39. The molecule has 0 bridgehead atoms. The second kappa shape index (κ2) is 9.77. The third kappa shape index (κ3) is 5.20. The van der Waals surface area contributed by atoms with Gasteiger partial charge in [-0.3, -0.25) is 9.69 Å². The number of carbonyl (C=O) groups is 2. The summed E-state index contributed by atoms with van der Waals surface area (Å²) in [5.74, 6) is 0.332. The highest BCUT2D eigenvalue weighted by atomic mass is 16.5. The summed E-state index contributed by atoms with van der Waals surface area (Å²) >= 11 is 0. The van der Waals surface area contributed by atoms with E-state index in [2.05, 4.69) is 10.2 Å². The number of nitrogens with one attached hydrogen (secondary N) is 1. The summed E-state index contributed by atoms with van der Waals surface area (Å²) in [4.78, 5) is 31.1. The van der Waals surface area contributed by atoms with E-state index < -0.39 is 0 Å². The normalized spacial score (nSPS) is 20.6. The van der Waals surface area contributed by atoms with Crippen molar-refractivity contribution in [2.45, 2.75) is 12.5 Å². The summed E-state index contributed by atoms with van der Waals surface area (Å²) in [6, 6.07) is 12.8. The molecule has 2 saturated heterocycles. The molecule has 0 aliphatic carbocycles. The van der Waals surface area contributed by atoms with Crippen molar-refractivity contribution in [1.29, 1.82) is 0 Å². The molecule has 0 unspecified atom stereocenters. The third-order valence-electron chi connectivity index (χ3n) is 5.52. The minimum absolute atomic E-state index is 0.0346. The van der Waals surface area contributed by atoms with Crippen LogP contribution in [0.5, 0.6) is 0 Å². The third-order valence-corrected chi connectivity index (χ3v) is 5.52. The van der Waals surface area contributed by atoms with Crippen molar-refractivity contribution in [3.05, 3.63) is 54.5 Å². The minimum atomic E-state index is -0.0967. The first-order valence-electron chi connectivity index (χ1n) is 10.5. The van der Waals surface area contributed by atoms with Crippen LogP contribution >= 0.6 is 0 Å². The molecule has 3 amide bonds. The minimum Gasteiger partial charge on any atom is -0.459 e. The SMILES string of the molecule is O=C(Nc1ccccc1)N1CCO[C@@H](CN2CCCN(C(=O)c3ccco3)CC2)C1. The van der Waals surface area contributed by atoms with Gasteiger partial charge in [0.2, 0.25) is 0 Å². The molecule has 0 radical (unpaired) electrons. The number of morpholine rings is 1. The van der Waals surface area contributed by atoms with Crippen LogP contribution in [0.4, 0.5) is 10.5 Å². The molecular formula is C22H28N4O4. The van der Waals surface area contributed by atoms with Crippen molar-refractivity contribution < 1.29 is 18.7 Å². The number of amides is 3. The number of furan rings is 1. The molecule has 8 heteroatoms. The first-order chi connectivity index (χ1) is 14.7. The molecule has 2 aliphatic rings. The average molecular weight is 412 g/mol. The molecule has 160 valence electrons. The molecule has 2 aromatic rings. The molecule has 2 aliphatic heterocycles. The Morgan fingerprint density at radius 2 is 1.83 bits per heavy atom. The summed E-state index contributed by atoms with van der Waals surface area (Å²) in [6.45, 7) is 5.48. The number of urea groups is 1. The van der Waals surface area contributed by atoms with Gasteiger partial charge in [-0.05, 0) is 37.2 Å². The van der Waals surface area contributed by atoms with Gasteiger partial charge in [0, 0.05) is 45.0 Å². The van der Waals surface area contributed by atoms with Crippen molar-refractivity contribution in [1.82, 2.24) is 14.7 Å². The van der Waals surface area contributed by atoms with Crippen LogP contribution in [-0.4, -0.2) is 85.2 Å². The van der Waals surface area contributed by atoms with Crippen molar-refractivity contribution in [3.8, 4) is 0 Å². The van der Waals surface area contributed by atoms with Gasteiger partial charge >= 0.3 is 6.03 Å². The van der Waals surface area contributed by atoms with E-state index in [1.54, 1.807) is 12.1 Å². The number of hydrogen-bond donors (Lipinski definition) is 1. The van der Waals surface area contributed by atoms with Crippen LogP contribution in [0.1, 0.15) is 17.0 Å². The number of anilines is 1. The van der Waals surface area contributed by atoms with Gasteiger partial charge in [0.15, 0.2) is 5.76 Å². The number of rotatable bonds is 4. The molecule has 1 atom stereocenters. The van der Waals surface area contributed by atoms with Crippen LogP contribution in [-0.2, 0) is 4.74 Å². The molecule has 1 N–H and O–H groups in total. The predicted molar refractivity (Wildman–Crippen MR) is 112 cm³/mol. The molecule has 4 rings (SSSR count). The lowest BCUT2D eigenvalue weighted by atomic mass is 10.2. The van der Waals surface area contributed by atoms with Gasteiger partial charge in [-0.2, -0.15) is 0 Å². The Balaban J connectivity index is 1.26. The van der Waals surface area contributed by atoms with Crippen LogP contribution in [0, 0.1) is 0 Å². The second-order valence-corrected chi connectivity index (χ2v) is 7.66. The topological polar surface area (TPSA) is 78.3 Å². The van der Waals surface area contributed by atoms with Gasteiger partial charge < -0.3 is 24.3 Å². The Hall–Kier alpha value is -2.84. The van der Waals surface area contributed by atoms with Gasteiger partial charge in [0.1, 0.15) is 0 Å². The number of benzene rings is 1.